The monoisotopic (exact) mass is 525 g/mol. The molecule has 1 atom stereocenters. The van der Waals surface area contributed by atoms with Crippen molar-refractivity contribution in [3.05, 3.63) is 125 Å². The summed E-state index contributed by atoms with van der Waals surface area (Å²) in [6.07, 6.45) is 3.00. The summed E-state index contributed by atoms with van der Waals surface area (Å²) < 4.78 is 22.8. The molecule has 5 nitrogen and oxygen atoms in total. The van der Waals surface area contributed by atoms with Crippen molar-refractivity contribution in [3.8, 4) is 17.2 Å². The quantitative estimate of drug-likeness (QED) is 0.160. The highest BCUT2D eigenvalue weighted by molar-refractivity contribution is 5.43. The van der Waals surface area contributed by atoms with Gasteiger partial charge in [-0.25, -0.2) is 0 Å². The highest BCUT2D eigenvalue weighted by Crippen LogP contribution is 2.29. The first-order valence-corrected chi connectivity index (χ1v) is 13.6. The van der Waals surface area contributed by atoms with Gasteiger partial charge in [-0.2, -0.15) is 0 Å². The fourth-order valence-electron chi connectivity index (χ4n) is 4.24. The van der Waals surface area contributed by atoms with Crippen LogP contribution in [0.2, 0.25) is 0 Å². The summed E-state index contributed by atoms with van der Waals surface area (Å²) in [5.41, 5.74) is 4.81. The molecule has 4 rings (SSSR count). The smallest absolute Gasteiger partial charge is 0.188 e. The first kappa shape index (κ1) is 28.2. The van der Waals surface area contributed by atoms with E-state index in [2.05, 4.69) is 72.9 Å². The molecule has 4 aromatic rings. The summed E-state index contributed by atoms with van der Waals surface area (Å²) in [4.78, 5) is 0. The zero-order valence-corrected chi connectivity index (χ0v) is 23.0. The number of hydrogen-bond acceptors (Lipinski definition) is 5. The maximum absolute atomic E-state index is 6.11. The molecule has 0 heterocycles. The predicted molar refractivity (Wildman–Crippen MR) is 156 cm³/mol. The van der Waals surface area contributed by atoms with Crippen molar-refractivity contribution in [3.63, 3.8) is 0 Å². The third-order valence-electron chi connectivity index (χ3n) is 6.52. The summed E-state index contributed by atoms with van der Waals surface area (Å²) >= 11 is 0. The third kappa shape index (κ3) is 9.78. The van der Waals surface area contributed by atoms with Crippen LogP contribution in [0.25, 0.3) is 0 Å². The number of aryl methyl sites for hydroxylation is 1. The molecule has 0 aliphatic rings. The van der Waals surface area contributed by atoms with E-state index in [9.17, 15) is 0 Å². The van der Waals surface area contributed by atoms with Gasteiger partial charge in [0.2, 0.25) is 0 Å². The van der Waals surface area contributed by atoms with Crippen molar-refractivity contribution in [2.24, 2.45) is 0 Å². The summed E-state index contributed by atoms with van der Waals surface area (Å²) in [7, 11) is 1.61. The van der Waals surface area contributed by atoms with Crippen molar-refractivity contribution >= 4 is 0 Å². The summed E-state index contributed by atoms with van der Waals surface area (Å²) in [5, 5.41) is 3.66. The maximum Gasteiger partial charge on any atom is 0.188 e. The largest absolute Gasteiger partial charge is 0.489 e. The summed E-state index contributed by atoms with van der Waals surface area (Å²) in [5.74, 6) is 2.33. The van der Waals surface area contributed by atoms with E-state index in [-0.39, 0.29) is 6.79 Å². The number of hydrogen-bond donors (Lipinski definition) is 1. The second-order valence-electron chi connectivity index (χ2n) is 9.67. The molecule has 1 N–H and O–H groups in total. The number of benzene rings is 4. The number of ether oxygens (including phenoxy) is 4. The Labute approximate surface area is 232 Å². The minimum atomic E-state index is 0.184. The van der Waals surface area contributed by atoms with E-state index in [1.807, 2.05) is 42.5 Å². The third-order valence-corrected chi connectivity index (χ3v) is 6.52. The van der Waals surface area contributed by atoms with Gasteiger partial charge >= 0.3 is 0 Å². The van der Waals surface area contributed by atoms with E-state index in [0.717, 1.165) is 42.9 Å². The lowest BCUT2D eigenvalue weighted by molar-refractivity contribution is 0.0484. The molecule has 4 aromatic carbocycles. The lowest BCUT2D eigenvalue weighted by atomic mass is 10.1. The number of nitrogens with one attached hydrogen (secondary N) is 1. The van der Waals surface area contributed by atoms with Crippen LogP contribution in [0.4, 0.5) is 0 Å². The predicted octanol–water partition coefficient (Wildman–Crippen LogP) is 6.98. The van der Waals surface area contributed by atoms with E-state index >= 15 is 0 Å². The molecule has 204 valence electrons. The van der Waals surface area contributed by atoms with Crippen LogP contribution in [0, 0.1) is 0 Å². The molecule has 1 unspecified atom stereocenters. The molecule has 0 radical (unpaired) electrons. The van der Waals surface area contributed by atoms with Crippen molar-refractivity contribution in [2.75, 3.05) is 20.4 Å². The van der Waals surface area contributed by atoms with Gasteiger partial charge in [0.15, 0.2) is 18.3 Å². The van der Waals surface area contributed by atoms with Crippen LogP contribution in [-0.4, -0.2) is 26.5 Å². The normalized spacial score (nSPS) is 11.6. The van der Waals surface area contributed by atoms with Crippen LogP contribution in [0.5, 0.6) is 17.2 Å². The fraction of sp³-hybridized carbons (Fsp3) is 0.294. The minimum absolute atomic E-state index is 0.184. The highest BCUT2D eigenvalue weighted by atomic mass is 16.7. The molecule has 39 heavy (non-hydrogen) atoms. The summed E-state index contributed by atoms with van der Waals surface area (Å²) in [6, 6.07) is 35.4. The first-order valence-electron chi connectivity index (χ1n) is 13.6. The molecule has 0 aromatic heterocycles. The van der Waals surface area contributed by atoms with E-state index in [0.29, 0.717) is 25.0 Å². The van der Waals surface area contributed by atoms with Crippen LogP contribution in [0.1, 0.15) is 35.6 Å². The molecule has 5 heteroatoms. The van der Waals surface area contributed by atoms with Crippen molar-refractivity contribution in [2.45, 2.75) is 45.4 Å². The number of methoxy groups -OCH3 is 1. The highest BCUT2D eigenvalue weighted by Gasteiger charge is 2.09. The summed E-state index contributed by atoms with van der Waals surface area (Å²) in [6.45, 7) is 4.40. The van der Waals surface area contributed by atoms with Crippen LogP contribution in [0.15, 0.2) is 103 Å². The van der Waals surface area contributed by atoms with Gasteiger partial charge in [0.1, 0.15) is 19.0 Å². The second-order valence-corrected chi connectivity index (χ2v) is 9.67. The standard InChI is InChI=1S/C34H39NO4/c1-27(13-14-28-15-18-32(19-16-28)37-24-30-9-5-3-6-10-30)35-22-21-29-17-20-33(39-26-36-2)34(23-29)38-25-31-11-7-4-8-12-31/h3-12,15-20,23,27,35H,13-14,21-22,24-26H2,1-2H3. The molecule has 0 saturated heterocycles. The van der Waals surface area contributed by atoms with Gasteiger partial charge in [0.05, 0.1) is 0 Å². The van der Waals surface area contributed by atoms with Crippen LogP contribution in [0.3, 0.4) is 0 Å². The fourth-order valence-corrected chi connectivity index (χ4v) is 4.24. The van der Waals surface area contributed by atoms with E-state index in [4.69, 9.17) is 18.9 Å². The lowest BCUT2D eigenvalue weighted by Crippen LogP contribution is -2.28. The van der Waals surface area contributed by atoms with Gasteiger partial charge in [0, 0.05) is 13.2 Å². The molecule has 0 fully saturated rings. The van der Waals surface area contributed by atoms with Gasteiger partial charge in [-0.05, 0) is 79.3 Å². The zero-order chi connectivity index (χ0) is 27.1. The van der Waals surface area contributed by atoms with Gasteiger partial charge in [-0.3, -0.25) is 0 Å². The van der Waals surface area contributed by atoms with Crippen molar-refractivity contribution < 1.29 is 18.9 Å². The zero-order valence-electron chi connectivity index (χ0n) is 23.0. The van der Waals surface area contributed by atoms with Crippen molar-refractivity contribution in [1.29, 1.82) is 0 Å². The Morgan fingerprint density at radius 3 is 1.92 bits per heavy atom. The van der Waals surface area contributed by atoms with Crippen LogP contribution >= 0.6 is 0 Å². The molecule has 0 aliphatic carbocycles. The van der Waals surface area contributed by atoms with E-state index in [1.165, 1.54) is 16.7 Å². The molecule has 0 bridgehead atoms. The van der Waals surface area contributed by atoms with Gasteiger partial charge in [0.25, 0.3) is 0 Å². The Balaban J connectivity index is 1.20. The average Bonchev–Trinajstić information content (AvgIpc) is 2.99. The minimum Gasteiger partial charge on any atom is -0.489 e. The van der Waals surface area contributed by atoms with Crippen LogP contribution in [-0.2, 0) is 30.8 Å². The van der Waals surface area contributed by atoms with Crippen LogP contribution < -0.4 is 19.5 Å². The van der Waals surface area contributed by atoms with Gasteiger partial charge in [-0.1, -0.05) is 78.9 Å². The molecule has 0 saturated carbocycles. The molecule has 0 aliphatic heterocycles. The lowest BCUT2D eigenvalue weighted by Gasteiger charge is -2.16. The van der Waals surface area contributed by atoms with Gasteiger partial charge in [-0.15, -0.1) is 0 Å². The molecule has 0 spiro atoms. The molecular weight excluding hydrogens is 486 g/mol. The Hall–Kier alpha value is -3.80. The SMILES string of the molecule is COCOc1ccc(CCNC(C)CCc2ccc(OCc3ccccc3)cc2)cc1OCc1ccccc1. The van der Waals surface area contributed by atoms with E-state index < -0.39 is 0 Å². The Morgan fingerprint density at radius 2 is 1.26 bits per heavy atom. The molecular formula is C34H39NO4. The average molecular weight is 526 g/mol. The second kappa shape index (κ2) is 15.6. The molecule has 0 amide bonds. The topological polar surface area (TPSA) is 49.0 Å². The van der Waals surface area contributed by atoms with Gasteiger partial charge < -0.3 is 24.3 Å². The first-order chi connectivity index (χ1) is 19.2. The number of rotatable bonds is 16. The Morgan fingerprint density at radius 1 is 0.615 bits per heavy atom. The Kier molecular flexibility index (Phi) is 11.3. The van der Waals surface area contributed by atoms with E-state index in [1.54, 1.807) is 7.11 Å². The van der Waals surface area contributed by atoms with Crippen molar-refractivity contribution in [1.82, 2.24) is 5.32 Å². The maximum atomic E-state index is 6.11. The Bertz CT molecular complexity index is 1230.